The third-order valence-electron chi connectivity index (χ3n) is 2.00. The number of nitrogens with zero attached hydrogens (tertiary/aromatic N) is 1. The van der Waals surface area contributed by atoms with Gasteiger partial charge in [-0.25, -0.2) is 0 Å². The Labute approximate surface area is 101 Å². The van der Waals surface area contributed by atoms with Gasteiger partial charge in [0.15, 0.2) is 5.04 Å². The molecule has 86 valence electrons. The molecule has 3 N–H and O–H groups in total. The van der Waals surface area contributed by atoms with Gasteiger partial charge in [-0.1, -0.05) is 23.9 Å². The normalized spacial score (nSPS) is 17.3. The van der Waals surface area contributed by atoms with Crippen LogP contribution in [0.4, 0.5) is 0 Å². The lowest BCUT2D eigenvalue weighted by Gasteiger charge is -1.96. The Hall–Kier alpha value is -2.08. The van der Waals surface area contributed by atoms with Crippen molar-refractivity contribution in [2.24, 2.45) is 10.7 Å². The zero-order valence-electron chi connectivity index (χ0n) is 8.58. The number of aromatic hydroxyl groups is 1. The summed E-state index contributed by atoms with van der Waals surface area (Å²) in [6, 6.07) is 6.41. The van der Waals surface area contributed by atoms with E-state index in [9.17, 15) is 14.7 Å². The summed E-state index contributed by atoms with van der Waals surface area (Å²) in [6.07, 6.45) is 1.55. The summed E-state index contributed by atoms with van der Waals surface area (Å²) in [6.45, 7) is 0. The number of primary amides is 1. The maximum absolute atomic E-state index is 11.4. The lowest BCUT2D eigenvalue weighted by molar-refractivity contribution is -0.114. The number of carbonyl (C=O) groups excluding carboxylic acids is 2. The van der Waals surface area contributed by atoms with Crippen LogP contribution in [0.5, 0.6) is 5.75 Å². The largest absolute Gasteiger partial charge is 0.508 e. The van der Waals surface area contributed by atoms with E-state index in [0.717, 1.165) is 11.8 Å². The van der Waals surface area contributed by atoms with Crippen LogP contribution in [0.25, 0.3) is 6.08 Å². The molecular formula is C11H8N2O3S. The second-order valence-corrected chi connectivity index (χ2v) is 4.32. The fraction of sp³-hybridized carbons (Fsp3) is 0. The molecule has 0 fully saturated rings. The highest BCUT2D eigenvalue weighted by atomic mass is 32.2. The quantitative estimate of drug-likeness (QED) is 0.760. The molecule has 0 radical (unpaired) electrons. The molecule has 1 heterocycles. The highest BCUT2D eigenvalue weighted by Crippen LogP contribution is 2.28. The molecule has 5 nitrogen and oxygen atoms in total. The van der Waals surface area contributed by atoms with Crippen molar-refractivity contribution in [2.45, 2.75) is 0 Å². The fourth-order valence-electron chi connectivity index (χ4n) is 1.28. The lowest BCUT2D eigenvalue weighted by atomic mass is 10.2. The lowest BCUT2D eigenvalue weighted by Crippen LogP contribution is -2.18. The van der Waals surface area contributed by atoms with Crippen LogP contribution in [-0.2, 0) is 9.59 Å². The maximum atomic E-state index is 11.4. The van der Waals surface area contributed by atoms with E-state index in [1.807, 2.05) is 0 Å². The van der Waals surface area contributed by atoms with Crippen molar-refractivity contribution in [1.29, 1.82) is 0 Å². The van der Waals surface area contributed by atoms with Crippen molar-refractivity contribution in [3.8, 4) is 5.75 Å². The number of phenolic OH excluding ortho intramolecular Hbond substituents is 1. The van der Waals surface area contributed by atoms with Gasteiger partial charge in [-0.3, -0.25) is 9.59 Å². The zero-order valence-corrected chi connectivity index (χ0v) is 9.40. The van der Waals surface area contributed by atoms with E-state index in [2.05, 4.69) is 4.99 Å². The minimum absolute atomic E-state index is 0.0126. The van der Waals surface area contributed by atoms with Crippen molar-refractivity contribution < 1.29 is 14.7 Å². The first-order valence-corrected chi connectivity index (χ1v) is 5.49. The molecule has 0 aromatic heterocycles. The Morgan fingerprint density at radius 3 is 2.82 bits per heavy atom. The van der Waals surface area contributed by atoms with E-state index in [4.69, 9.17) is 5.73 Å². The number of aliphatic imine (C=N–C) groups is 1. The van der Waals surface area contributed by atoms with E-state index >= 15 is 0 Å². The van der Waals surface area contributed by atoms with Crippen molar-refractivity contribution in [3.63, 3.8) is 0 Å². The minimum Gasteiger partial charge on any atom is -0.508 e. The Kier molecular flexibility index (Phi) is 2.97. The molecular weight excluding hydrogens is 240 g/mol. The molecule has 0 unspecified atom stereocenters. The Morgan fingerprint density at radius 1 is 1.47 bits per heavy atom. The van der Waals surface area contributed by atoms with E-state index in [-0.39, 0.29) is 10.8 Å². The molecule has 0 aliphatic carbocycles. The molecule has 0 saturated heterocycles. The highest BCUT2D eigenvalue weighted by Gasteiger charge is 2.24. The molecule has 17 heavy (non-hydrogen) atoms. The molecule has 2 amide bonds. The van der Waals surface area contributed by atoms with Crippen LogP contribution in [0.15, 0.2) is 34.2 Å². The summed E-state index contributed by atoms with van der Waals surface area (Å²) in [4.78, 5) is 26.1. The van der Waals surface area contributed by atoms with Crippen molar-refractivity contribution in [1.82, 2.24) is 0 Å². The van der Waals surface area contributed by atoms with Gasteiger partial charge in [-0.15, -0.1) is 0 Å². The third-order valence-corrected chi connectivity index (χ3v) is 3.00. The Bertz CT molecular complexity index is 564. The Morgan fingerprint density at radius 2 is 2.24 bits per heavy atom. The van der Waals surface area contributed by atoms with Crippen LogP contribution in [-0.4, -0.2) is 22.0 Å². The number of hydrogen-bond acceptors (Lipinski definition) is 4. The molecule has 1 aliphatic rings. The van der Waals surface area contributed by atoms with Crippen molar-refractivity contribution in [2.75, 3.05) is 0 Å². The van der Waals surface area contributed by atoms with Crippen LogP contribution >= 0.6 is 11.8 Å². The molecule has 1 aromatic carbocycles. The standard InChI is InChI=1S/C11H8N2O3S/c12-9(15)11-13-10(16)8(17-11)5-6-2-1-3-7(14)4-6/h1-5,14H,(H2,12,15). The number of hydrogen-bond donors (Lipinski definition) is 2. The number of phenols is 1. The van der Waals surface area contributed by atoms with Gasteiger partial charge in [0.2, 0.25) is 0 Å². The number of benzene rings is 1. The molecule has 1 aliphatic heterocycles. The molecule has 1 aromatic rings. The van der Waals surface area contributed by atoms with Gasteiger partial charge in [0.05, 0.1) is 4.91 Å². The number of carbonyl (C=O) groups is 2. The first-order valence-electron chi connectivity index (χ1n) is 4.67. The zero-order chi connectivity index (χ0) is 12.4. The van der Waals surface area contributed by atoms with Gasteiger partial charge in [0.1, 0.15) is 5.75 Å². The SMILES string of the molecule is NC(=O)C1=NC(=O)C(=Cc2cccc(O)c2)S1. The summed E-state index contributed by atoms with van der Waals surface area (Å²) in [7, 11) is 0. The summed E-state index contributed by atoms with van der Waals surface area (Å²) < 4.78 is 0. The van der Waals surface area contributed by atoms with Crippen LogP contribution < -0.4 is 5.73 Å². The van der Waals surface area contributed by atoms with Gasteiger partial charge in [-0.05, 0) is 23.8 Å². The van der Waals surface area contributed by atoms with E-state index < -0.39 is 11.8 Å². The van der Waals surface area contributed by atoms with E-state index in [1.165, 1.54) is 12.1 Å². The summed E-state index contributed by atoms with van der Waals surface area (Å²) >= 11 is 0.933. The summed E-state index contributed by atoms with van der Waals surface area (Å²) in [5, 5.41) is 9.26. The number of nitrogens with two attached hydrogens (primary N) is 1. The number of rotatable bonds is 2. The molecule has 0 bridgehead atoms. The maximum Gasteiger partial charge on any atom is 0.285 e. The predicted molar refractivity (Wildman–Crippen MR) is 65.3 cm³/mol. The van der Waals surface area contributed by atoms with E-state index in [1.54, 1.807) is 18.2 Å². The predicted octanol–water partition coefficient (Wildman–Crippen LogP) is 0.890. The smallest absolute Gasteiger partial charge is 0.285 e. The number of amides is 2. The van der Waals surface area contributed by atoms with Crippen LogP contribution in [0.2, 0.25) is 0 Å². The monoisotopic (exact) mass is 248 g/mol. The summed E-state index contributed by atoms with van der Waals surface area (Å²) in [5.41, 5.74) is 5.68. The van der Waals surface area contributed by atoms with Gasteiger partial charge < -0.3 is 10.8 Å². The molecule has 0 spiro atoms. The van der Waals surface area contributed by atoms with Crippen LogP contribution in [0.1, 0.15) is 5.56 Å². The molecule has 0 saturated carbocycles. The second kappa shape index (κ2) is 4.42. The van der Waals surface area contributed by atoms with E-state index in [0.29, 0.717) is 10.5 Å². The second-order valence-electron chi connectivity index (χ2n) is 3.29. The van der Waals surface area contributed by atoms with Gasteiger partial charge in [-0.2, -0.15) is 4.99 Å². The van der Waals surface area contributed by atoms with Gasteiger partial charge in [0, 0.05) is 0 Å². The number of thioether (sulfide) groups is 1. The van der Waals surface area contributed by atoms with Crippen LogP contribution in [0.3, 0.4) is 0 Å². The van der Waals surface area contributed by atoms with Crippen molar-refractivity contribution >= 4 is 34.7 Å². The fourth-order valence-corrected chi connectivity index (χ4v) is 2.05. The Balaban J connectivity index is 2.27. The van der Waals surface area contributed by atoms with Crippen LogP contribution in [0, 0.1) is 0 Å². The highest BCUT2D eigenvalue weighted by molar-refractivity contribution is 8.20. The van der Waals surface area contributed by atoms with Gasteiger partial charge >= 0.3 is 0 Å². The van der Waals surface area contributed by atoms with Crippen molar-refractivity contribution in [3.05, 3.63) is 34.7 Å². The molecule has 6 heteroatoms. The first kappa shape index (κ1) is 11.4. The third kappa shape index (κ3) is 2.54. The molecule has 2 rings (SSSR count). The average molecular weight is 248 g/mol. The minimum atomic E-state index is -0.720. The topological polar surface area (TPSA) is 92.8 Å². The molecule has 0 atom stereocenters. The average Bonchev–Trinajstić information content (AvgIpc) is 2.61. The summed E-state index contributed by atoms with van der Waals surface area (Å²) in [5.74, 6) is -1.11. The van der Waals surface area contributed by atoms with Gasteiger partial charge in [0.25, 0.3) is 11.8 Å². The first-order chi connectivity index (χ1) is 8.06.